The number of amides is 1. The molecule has 0 radical (unpaired) electrons. The third-order valence-electron chi connectivity index (χ3n) is 4.51. The van der Waals surface area contributed by atoms with Crippen molar-refractivity contribution in [1.29, 1.82) is 0 Å². The van der Waals surface area contributed by atoms with Gasteiger partial charge in [-0.3, -0.25) is 9.69 Å². The molecule has 0 saturated carbocycles. The second kappa shape index (κ2) is 8.04. The van der Waals surface area contributed by atoms with Crippen molar-refractivity contribution >= 4 is 17.2 Å². The van der Waals surface area contributed by atoms with Crippen molar-refractivity contribution in [2.75, 3.05) is 26.2 Å². The van der Waals surface area contributed by atoms with E-state index in [9.17, 15) is 4.79 Å². The highest BCUT2D eigenvalue weighted by Crippen LogP contribution is 2.15. The number of nitrogens with zero attached hydrogens (tertiary/aromatic N) is 3. The van der Waals surface area contributed by atoms with Crippen molar-refractivity contribution in [1.82, 2.24) is 14.8 Å². The molecular weight excluding hydrogens is 296 g/mol. The number of nitrogens with two attached hydrogens (primary N) is 1. The maximum absolute atomic E-state index is 12.4. The molecule has 22 heavy (non-hydrogen) atoms. The van der Waals surface area contributed by atoms with Crippen molar-refractivity contribution in [3.05, 3.63) is 16.1 Å². The predicted molar refractivity (Wildman–Crippen MR) is 90.8 cm³/mol. The number of carbonyl (C=O) groups is 1. The van der Waals surface area contributed by atoms with Gasteiger partial charge in [0.25, 0.3) is 0 Å². The van der Waals surface area contributed by atoms with E-state index in [2.05, 4.69) is 29.1 Å². The van der Waals surface area contributed by atoms with E-state index in [-0.39, 0.29) is 17.9 Å². The summed E-state index contributed by atoms with van der Waals surface area (Å²) in [6.45, 7) is 10.5. The Morgan fingerprint density at radius 3 is 2.59 bits per heavy atom. The Balaban J connectivity index is 1.81. The molecule has 2 N–H and O–H groups in total. The molecule has 1 fully saturated rings. The van der Waals surface area contributed by atoms with Gasteiger partial charge in [0.2, 0.25) is 5.91 Å². The molecule has 2 rings (SSSR count). The average molecular weight is 324 g/mol. The van der Waals surface area contributed by atoms with E-state index in [0.29, 0.717) is 0 Å². The first-order valence-electron chi connectivity index (χ1n) is 8.25. The van der Waals surface area contributed by atoms with E-state index in [0.717, 1.165) is 51.3 Å². The van der Waals surface area contributed by atoms with Crippen molar-refractivity contribution in [3.8, 4) is 0 Å². The van der Waals surface area contributed by atoms with Crippen LogP contribution >= 0.6 is 11.3 Å². The summed E-state index contributed by atoms with van der Waals surface area (Å²) in [6.07, 6.45) is 1.94. The lowest BCUT2D eigenvalue weighted by Crippen LogP contribution is -2.54. The van der Waals surface area contributed by atoms with Crippen LogP contribution in [0.4, 0.5) is 0 Å². The largest absolute Gasteiger partial charge is 0.339 e. The van der Waals surface area contributed by atoms with Gasteiger partial charge < -0.3 is 10.6 Å². The molecule has 1 aliphatic heterocycles. The molecular formula is C16H28N4OS. The van der Waals surface area contributed by atoms with Crippen LogP contribution in [0.3, 0.4) is 0 Å². The minimum atomic E-state index is -0.359. The molecule has 1 aromatic rings. The van der Waals surface area contributed by atoms with Crippen LogP contribution in [0.15, 0.2) is 5.38 Å². The number of hydrogen-bond acceptors (Lipinski definition) is 5. The fourth-order valence-electron chi connectivity index (χ4n) is 2.65. The first-order valence-corrected chi connectivity index (χ1v) is 9.13. The molecule has 1 saturated heterocycles. The standard InChI is InChI=1S/C16H28N4OS/c1-4-12(3)15(17)16(21)20-8-6-19(7-9-20)10-13-11-22-14(5-2)18-13/h11-12,15H,4-10,17H2,1-3H3. The van der Waals surface area contributed by atoms with Gasteiger partial charge in [0.1, 0.15) is 0 Å². The van der Waals surface area contributed by atoms with Gasteiger partial charge in [-0.1, -0.05) is 27.2 Å². The fraction of sp³-hybridized carbons (Fsp3) is 0.750. The lowest BCUT2D eigenvalue weighted by atomic mass is 9.98. The second-order valence-corrected chi connectivity index (χ2v) is 7.04. The van der Waals surface area contributed by atoms with Crippen LogP contribution in [-0.4, -0.2) is 52.9 Å². The molecule has 1 aromatic heterocycles. The van der Waals surface area contributed by atoms with Gasteiger partial charge in [-0.25, -0.2) is 4.98 Å². The Labute approximate surface area is 137 Å². The zero-order valence-corrected chi connectivity index (χ0v) is 14.7. The zero-order valence-electron chi connectivity index (χ0n) is 13.9. The van der Waals surface area contributed by atoms with E-state index in [1.807, 2.05) is 11.8 Å². The summed E-state index contributed by atoms with van der Waals surface area (Å²) in [5, 5.41) is 3.35. The van der Waals surface area contributed by atoms with Crippen molar-refractivity contribution in [2.24, 2.45) is 11.7 Å². The summed E-state index contributed by atoms with van der Waals surface area (Å²) in [6, 6.07) is -0.359. The van der Waals surface area contributed by atoms with E-state index in [1.54, 1.807) is 11.3 Å². The van der Waals surface area contributed by atoms with Crippen LogP contribution in [0.2, 0.25) is 0 Å². The maximum atomic E-state index is 12.4. The molecule has 1 amide bonds. The first kappa shape index (κ1) is 17.4. The van der Waals surface area contributed by atoms with Crippen molar-refractivity contribution in [3.63, 3.8) is 0 Å². The highest BCUT2D eigenvalue weighted by atomic mass is 32.1. The monoisotopic (exact) mass is 324 g/mol. The van der Waals surface area contributed by atoms with Crippen LogP contribution in [0, 0.1) is 5.92 Å². The first-order chi connectivity index (χ1) is 10.5. The Kier molecular flexibility index (Phi) is 6.35. The number of piperazine rings is 1. The summed E-state index contributed by atoms with van der Waals surface area (Å²) in [5.74, 6) is 0.351. The highest BCUT2D eigenvalue weighted by molar-refractivity contribution is 7.09. The van der Waals surface area contributed by atoms with Crippen LogP contribution in [0.5, 0.6) is 0 Å². The topological polar surface area (TPSA) is 62.5 Å². The zero-order chi connectivity index (χ0) is 16.1. The van der Waals surface area contributed by atoms with E-state index in [1.165, 1.54) is 5.01 Å². The normalized spacial score (nSPS) is 19.2. The Morgan fingerprint density at radius 2 is 2.05 bits per heavy atom. The molecule has 5 nitrogen and oxygen atoms in total. The Bertz CT molecular complexity index is 482. The lowest BCUT2D eigenvalue weighted by Gasteiger charge is -2.36. The number of thiazole rings is 1. The minimum absolute atomic E-state index is 0.107. The molecule has 0 spiro atoms. The molecule has 0 aliphatic carbocycles. The number of aromatic nitrogens is 1. The van der Waals surface area contributed by atoms with Gasteiger partial charge in [0.15, 0.2) is 0 Å². The summed E-state index contributed by atoms with van der Waals surface area (Å²) < 4.78 is 0. The van der Waals surface area contributed by atoms with Gasteiger partial charge in [-0.05, 0) is 12.3 Å². The van der Waals surface area contributed by atoms with E-state index in [4.69, 9.17) is 5.73 Å². The lowest BCUT2D eigenvalue weighted by molar-refractivity contribution is -0.135. The SMILES string of the molecule is CCc1nc(CN2CCN(C(=O)C(N)C(C)CC)CC2)cs1. The molecule has 0 aromatic carbocycles. The number of hydrogen-bond donors (Lipinski definition) is 1. The average Bonchev–Trinajstić information content (AvgIpc) is 3.01. The van der Waals surface area contributed by atoms with Crippen LogP contribution < -0.4 is 5.73 Å². The predicted octanol–water partition coefficient (Wildman–Crippen LogP) is 1.72. The smallest absolute Gasteiger partial charge is 0.239 e. The fourth-order valence-corrected chi connectivity index (χ4v) is 3.38. The number of rotatable bonds is 6. The molecule has 1 aliphatic rings. The Morgan fingerprint density at radius 1 is 1.36 bits per heavy atom. The van der Waals surface area contributed by atoms with Crippen LogP contribution in [-0.2, 0) is 17.8 Å². The van der Waals surface area contributed by atoms with E-state index >= 15 is 0 Å². The van der Waals surface area contributed by atoms with Gasteiger partial charge in [0, 0.05) is 38.1 Å². The second-order valence-electron chi connectivity index (χ2n) is 6.10. The minimum Gasteiger partial charge on any atom is -0.339 e. The van der Waals surface area contributed by atoms with Gasteiger partial charge in [-0.2, -0.15) is 0 Å². The highest BCUT2D eigenvalue weighted by Gasteiger charge is 2.27. The third kappa shape index (κ3) is 4.27. The molecule has 6 heteroatoms. The summed E-state index contributed by atoms with van der Waals surface area (Å²) >= 11 is 1.73. The van der Waals surface area contributed by atoms with Crippen molar-refractivity contribution < 1.29 is 4.79 Å². The quantitative estimate of drug-likeness (QED) is 0.865. The molecule has 2 atom stereocenters. The summed E-state index contributed by atoms with van der Waals surface area (Å²) in [5.41, 5.74) is 7.22. The Hall–Kier alpha value is -0.980. The molecule has 2 heterocycles. The van der Waals surface area contributed by atoms with Crippen LogP contribution in [0.25, 0.3) is 0 Å². The van der Waals surface area contributed by atoms with Gasteiger partial charge in [-0.15, -0.1) is 11.3 Å². The third-order valence-corrected chi connectivity index (χ3v) is 5.56. The van der Waals surface area contributed by atoms with Gasteiger partial charge >= 0.3 is 0 Å². The number of aryl methyl sites for hydroxylation is 1. The van der Waals surface area contributed by atoms with Crippen molar-refractivity contribution in [2.45, 2.75) is 46.2 Å². The molecule has 2 unspecified atom stereocenters. The summed E-state index contributed by atoms with van der Waals surface area (Å²) in [7, 11) is 0. The molecule has 0 bridgehead atoms. The van der Waals surface area contributed by atoms with Gasteiger partial charge in [0.05, 0.1) is 16.7 Å². The van der Waals surface area contributed by atoms with Crippen LogP contribution in [0.1, 0.15) is 37.9 Å². The number of carbonyl (C=O) groups excluding carboxylic acids is 1. The molecule has 124 valence electrons. The van der Waals surface area contributed by atoms with E-state index < -0.39 is 0 Å². The maximum Gasteiger partial charge on any atom is 0.239 e. The summed E-state index contributed by atoms with van der Waals surface area (Å²) in [4.78, 5) is 21.3.